The Morgan fingerprint density at radius 1 is 1.42 bits per heavy atom. The molecular weight excluding hydrogens is 261 g/mol. The molecule has 0 saturated heterocycles. The lowest BCUT2D eigenvalue weighted by Gasteiger charge is -2.24. The average Bonchev–Trinajstić information content (AvgIpc) is 3.05. The third-order valence-corrected chi connectivity index (χ3v) is 2.99. The second-order valence-electron chi connectivity index (χ2n) is 5.01. The van der Waals surface area contributed by atoms with Crippen molar-refractivity contribution in [1.82, 2.24) is 10.2 Å². The van der Waals surface area contributed by atoms with E-state index in [1.54, 1.807) is 6.92 Å². The standard InChI is InChI=1S/C12H21F3N2O2/c1-2-6-17(8-12(13,14)15)7-5-10(11(18)19)16-9-3-4-9/h9-10,16H,2-8H2,1H3,(H,18,19). The van der Waals surface area contributed by atoms with Crippen LogP contribution in [0.1, 0.15) is 32.6 Å². The number of carbonyl (C=O) groups is 1. The Bertz CT molecular complexity index is 293. The van der Waals surface area contributed by atoms with E-state index < -0.39 is 24.7 Å². The van der Waals surface area contributed by atoms with Gasteiger partial charge in [-0.25, -0.2) is 0 Å². The number of carboxylic acid groups (broad SMARTS) is 1. The largest absolute Gasteiger partial charge is 0.480 e. The Morgan fingerprint density at radius 2 is 2.05 bits per heavy atom. The monoisotopic (exact) mass is 282 g/mol. The van der Waals surface area contributed by atoms with Crippen LogP contribution in [0.25, 0.3) is 0 Å². The van der Waals surface area contributed by atoms with Gasteiger partial charge in [0.15, 0.2) is 0 Å². The summed E-state index contributed by atoms with van der Waals surface area (Å²) in [6.07, 6.45) is -1.53. The van der Waals surface area contributed by atoms with E-state index in [9.17, 15) is 18.0 Å². The van der Waals surface area contributed by atoms with Crippen molar-refractivity contribution in [3.63, 3.8) is 0 Å². The highest BCUT2D eigenvalue weighted by Crippen LogP contribution is 2.21. The van der Waals surface area contributed by atoms with Crippen LogP contribution in [0.3, 0.4) is 0 Å². The van der Waals surface area contributed by atoms with Crippen molar-refractivity contribution in [3.05, 3.63) is 0 Å². The molecule has 0 heterocycles. The van der Waals surface area contributed by atoms with Crippen LogP contribution in [0.2, 0.25) is 0 Å². The number of halogens is 3. The highest BCUT2D eigenvalue weighted by Gasteiger charge is 2.32. The second-order valence-corrected chi connectivity index (χ2v) is 5.01. The molecule has 0 spiro atoms. The molecule has 4 nitrogen and oxygen atoms in total. The number of carboxylic acids is 1. The maximum atomic E-state index is 12.4. The van der Waals surface area contributed by atoms with E-state index >= 15 is 0 Å². The third-order valence-electron chi connectivity index (χ3n) is 2.99. The molecule has 0 aromatic heterocycles. The molecule has 1 aliphatic rings. The van der Waals surface area contributed by atoms with Crippen LogP contribution in [0.5, 0.6) is 0 Å². The normalized spacial score (nSPS) is 17.7. The quantitative estimate of drug-likeness (QED) is 0.678. The fourth-order valence-corrected chi connectivity index (χ4v) is 1.96. The molecule has 7 heteroatoms. The zero-order valence-electron chi connectivity index (χ0n) is 11.0. The number of alkyl halides is 3. The highest BCUT2D eigenvalue weighted by molar-refractivity contribution is 5.73. The van der Waals surface area contributed by atoms with Gasteiger partial charge in [-0.3, -0.25) is 9.69 Å². The number of nitrogens with one attached hydrogen (secondary N) is 1. The van der Waals surface area contributed by atoms with Gasteiger partial charge >= 0.3 is 12.1 Å². The summed E-state index contributed by atoms with van der Waals surface area (Å²) in [7, 11) is 0. The molecule has 1 fully saturated rings. The first-order chi connectivity index (χ1) is 8.81. The van der Waals surface area contributed by atoms with E-state index in [0.29, 0.717) is 13.0 Å². The number of nitrogens with zero attached hydrogens (tertiary/aromatic N) is 1. The number of hydrogen-bond donors (Lipinski definition) is 2. The van der Waals surface area contributed by atoms with Gasteiger partial charge in [0.25, 0.3) is 0 Å². The lowest BCUT2D eigenvalue weighted by molar-refractivity contribution is -0.146. The van der Waals surface area contributed by atoms with E-state index in [1.165, 1.54) is 4.90 Å². The van der Waals surface area contributed by atoms with Gasteiger partial charge in [-0.1, -0.05) is 6.92 Å². The molecule has 1 atom stereocenters. The molecular formula is C12H21F3N2O2. The minimum absolute atomic E-state index is 0.143. The van der Waals surface area contributed by atoms with E-state index in [1.807, 2.05) is 0 Å². The minimum atomic E-state index is -4.24. The highest BCUT2D eigenvalue weighted by atomic mass is 19.4. The van der Waals surface area contributed by atoms with Gasteiger partial charge in [0.1, 0.15) is 6.04 Å². The number of rotatable bonds is 9. The number of aliphatic carboxylic acids is 1. The van der Waals surface area contributed by atoms with Crippen molar-refractivity contribution in [2.24, 2.45) is 0 Å². The van der Waals surface area contributed by atoms with Gasteiger partial charge in [0.05, 0.1) is 6.54 Å². The molecule has 19 heavy (non-hydrogen) atoms. The van der Waals surface area contributed by atoms with Crippen LogP contribution >= 0.6 is 0 Å². The van der Waals surface area contributed by atoms with Crippen LogP contribution in [0.15, 0.2) is 0 Å². The van der Waals surface area contributed by atoms with Gasteiger partial charge in [-0.15, -0.1) is 0 Å². The first-order valence-electron chi connectivity index (χ1n) is 6.59. The summed E-state index contributed by atoms with van der Waals surface area (Å²) in [6, 6.07) is -0.525. The van der Waals surface area contributed by atoms with Crippen molar-refractivity contribution in [2.45, 2.75) is 50.9 Å². The molecule has 1 saturated carbocycles. The van der Waals surface area contributed by atoms with Gasteiger partial charge in [-0.05, 0) is 32.2 Å². The van der Waals surface area contributed by atoms with Crippen molar-refractivity contribution < 1.29 is 23.1 Å². The summed E-state index contributed by atoms with van der Waals surface area (Å²) in [4.78, 5) is 12.3. The van der Waals surface area contributed by atoms with Gasteiger partial charge < -0.3 is 10.4 Å². The Labute approximate surface area is 111 Å². The van der Waals surface area contributed by atoms with Crippen LogP contribution in [-0.4, -0.2) is 53.9 Å². The summed E-state index contributed by atoms with van der Waals surface area (Å²) in [5, 5.41) is 12.0. The third kappa shape index (κ3) is 7.37. The van der Waals surface area contributed by atoms with Crippen molar-refractivity contribution in [1.29, 1.82) is 0 Å². The molecule has 0 aromatic rings. The second kappa shape index (κ2) is 7.09. The van der Waals surface area contributed by atoms with Crippen LogP contribution in [0.4, 0.5) is 13.2 Å². The van der Waals surface area contributed by atoms with E-state index in [0.717, 1.165) is 12.8 Å². The van der Waals surface area contributed by atoms with Gasteiger partial charge in [-0.2, -0.15) is 13.2 Å². The molecule has 0 bridgehead atoms. The van der Waals surface area contributed by atoms with E-state index in [4.69, 9.17) is 5.11 Å². The maximum Gasteiger partial charge on any atom is 0.401 e. The smallest absolute Gasteiger partial charge is 0.401 e. The lowest BCUT2D eigenvalue weighted by atomic mass is 10.2. The summed E-state index contributed by atoms with van der Waals surface area (Å²) < 4.78 is 37.1. The SMILES string of the molecule is CCCN(CCC(NC1CC1)C(=O)O)CC(F)(F)F. The first-order valence-corrected chi connectivity index (χ1v) is 6.59. The predicted molar refractivity (Wildman–Crippen MR) is 65.0 cm³/mol. The molecule has 0 amide bonds. The number of hydrogen-bond acceptors (Lipinski definition) is 3. The molecule has 1 unspecified atom stereocenters. The Morgan fingerprint density at radius 3 is 2.47 bits per heavy atom. The summed E-state index contributed by atoms with van der Waals surface area (Å²) in [5.41, 5.74) is 0. The van der Waals surface area contributed by atoms with E-state index in [2.05, 4.69) is 5.32 Å². The fourth-order valence-electron chi connectivity index (χ4n) is 1.96. The van der Waals surface area contributed by atoms with Crippen LogP contribution in [0, 0.1) is 0 Å². The molecule has 0 aliphatic heterocycles. The molecule has 0 aromatic carbocycles. The molecule has 1 aliphatic carbocycles. The Balaban J connectivity index is 2.40. The van der Waals surface area contributed by atoms with Crippen molar-refractivity contribution >= 4 is 5.97 Å². The fraction of sp³-hybridized carbons (Fsp3) is 0.917. The minimum Gasteiger partial charge on any atom is -0.480 e. The predicted octanol–water partition coefficient (Wildman–Crippen LogP) is 1.86. The Kier molecular flexibility index (Phi) is 6.06. The first kappa shape index (κ1) is 16.2. The average molecular weight is 282 g/mol. The van der Waals surface area contributed by atoms with Crippen LogP contribution < -0.4 is 5.32 Å². The molecule has 1 rings (SSSR count). The summed E-state index contributed by atoms with van der Waals surface area (Å²) in [6.45, 7) is 1.30. The van der Waals surface area contributed by atoms with E-state index in [-0.39, 0.29) is 19.0 Å². The molecule has 0 radical (unpaired) electrons. The topological polar surface area (TPSA) is 52.6 Å². The van der Waals surface area contributed by atoms with Crippen LogP contribution in [-0.2, 0) is 4.79 Å². The molecule has 2 N–H and O–H groups in total. The summed E-state index contributed by atoms with van der Waals surface area (Å²) >= 11 is 0. The maximum absolute atomic E-state index is 12.4. The lowest BCUT2D eigenvalue weighted by Crippen LogP contribution is -2.43. The summed E-state index contributed by atoms with van der Waals surface area (Å²) in [5.74, 6) is -0.990. The zero-order chi connectivity index (χ0) is 14.5. The Hall–Kier alpha value is -0.820. The van der Waals surface area contributed by atoms with Crippen molar-refractivity contribution in [3.8, 4) is 0 Å². The van der Waals surface area contributed by atoms with Gasteiger partial charge in [0.2, 0.25) is 0 Å². The zero-order valence-corrected chi connectivity index (χ0v) is 11.0. The molecule has 112 valence electrons. The van der Waals surface area contributed by atoms with Crippen molar-refractivity contribution in [2.75, 3.05) is 19.6 Å². The van der Waals surface area contributed by atoms with Gasteiger partial charge in [0, 0.05) is 12.6 Å².